The largest absolute Gasteiger partial charge is 0.494 e. The third kappa shape index (κ3) is 5.13. The first kappa shape index (κ1) is 21.5. The number of anilines is 1. The molecule has 10 heteroatoms. The average molecular weight is 459 g/mol. The van der Waals surface area contributed by atoms with Gasteiger partial charge in [-0.25, -0.2) is 4.98 Å². The van der Waals surface area contributed by atoms with Gasteiger partial charge in [0.1, 0.15) is 5.75 Å². The third-order valence-corrected chi connectivity index (χ3v) is 6.41. The number of aromatic amines is 1. The zero-order valence-electron chi connectivity index (χ0n) is 17.5. The van der Waals surface area contributed by atoms with Gasteiger partial charge in [0.15, 0.2) is 15.7 Å². The van der Waals surface area contributed by atoms with Crippen molar-refractivity contribution in [1.82, 2.24) is 24.6 Å². The van der Waals surface area contributed by atoms with E-state index in [0.717, 1.165) is 48.3 Å². The summed E-state index contributed by atoms with van der Waals surface area (Å²) in [6, 6.07) is 7.74. The summed E-state index contributed by atoms with van der Waals surface area (Å²) in [6.07, 6.45) is 3.15. The number of nitrogens with one attached hydrogen (secondary N) is 1. The fourth-order valence-corrected chi connectivity index (χ4v) is 4.63. The highest BCUT2D eigenvalue weighted by molar-refractivity contribution is 7.71. The first-order chi connectivity index (χ1) is 15.2. The summed E-state index contributed by atoms with van der Waals surface area (Å²) in [5, 5.41) is 10.2. The molecule has 31 heavy (non-hydrogen) atoms. The Morgan fingerprint density at radius 1 is 1.23 bits per heavy atom. The van der Waals surface area contributed by atoms with Crippen LogP contribution in [0.15, 0.2) is 35.8 Å². The number of nitrogens with zero attached hydrogens (tertiary/aromatic N) is 5. The van der Waals surface area contributed by atoms with E-state index in [1.165, 1.54) is 0 Å². The molecule has 8 nitrogen and oxygen atoms in total. The number of hydrogen-bond donors (Lipinski definition) is 1. The maximum absolute atomic E-state index is 12.9. The molecule has 3 heterocycles. The summed E-state index contributed by atoms with van der Waals surface area (Å²) in [6.45, 7) is 6.27. The predicted octanol–water partition coefficient (Wildman–Crippen LogP) is 3.59. The monoisotopic (exact) mass is 458 g/mol. The van der Waals surface area contributed by atoms with Gasteiger partial charge in [-0.1, -0.05) is 0 Å². The van der Waals surface area contributed by atoms with Gasteiger partial charge >= 0.3 is 0 Å². The highest BCUT2D eigenvalue weighted by atomic mass is 32.1. The van der Waals surface area contributed by atoms with Gasteiger partial charge in [0, 0.05) is 56.3 Å². The van der Waals surface area contributed by atoms with Gasteiger partial charge in [-0.05, 0) is 49.8 Å². The number of hydrogen-bond acceptors (Lipinski definition) is 7. The fourth-order valence-electron chi connectivity index (χ4n) is 3.71. The first-order valence-corrected chi connectivity index (χ1v) is 11.7. The van der Waals surface area contributed by atoms with E-state index in [4.69, 9.17) is 17.0 Å². The summed E-state index contributed by atoms with van der Waals surface area (Å²) in [7, 11) is 0. The number of benzene rings is 1. The Bertz CT molecular complexity index is 1040. The van der Waals surface area contributed by atoms with Crippen molar-refractivity contribution in [2.75, 3.05) is 37.7 Å². The molecule has 1 aliphatic heterocycles. The SMILES string of the molecule is CCOc1ccc(-c2n[nH]c(=S)n2CCC(=O)N2CCCN(c3nccs3)CC2)cc1. The predicted molar refractivity (Wildman–Crippen MR) is 124 cm³/mol. The van der Waals surface area contributed by atoms with Gasteiger partial charge in [0.05, 0.1) is 6.61 Å². The first-order valence-electron chi connectivity index (χ1n) is 10.5. The van der Waals surface area contributed by atoms with E-state index in [1.54, 1.807) is 11.3 Å². The van der Waals surface area contributed by atoms with Crippen LogP contribution in [0.25, 0.3) is 11.4 Å². The Morgan fingerprint density at radius 3 is 2.81 bits per heavy atom. The molecule has 0 bridgehead atoms. The van der Waals surface area contributed by atoms with E-state index in [0.29, 0.717) is 30.9 Å². The van der Waals surface area contributed by atoms with Crippen LogP contribution >= 0.6 is 23.6 Å². The van der Waals surface area contributed by atoms with Crippen molar-refractivity contribution in [2.24, 2.45) is 0 Å². The Hall–Kier alpha value is -2.72. The normalized spacial score (nSPS) is 14.5. The standard InChI is InChI=1S/C21H26N6O2S2/c1-2-29-17-6-4-16(5-7-17)19-23-24-20(30)27(19)12-8-18(28)25-10-3-11-26(14-13-25)21-22-9-15-31-21/h4-7,9,15H,2-3,8,10-14H2,1H3,(H,24,30). The molecule has 1 N–H and O–H groups in total. The number of thiazole rings is 1. The van der Waals surface area contributed by atoms with Crippen molar-refractivity contribution in [2.45, 2.75) is 26.3 Å². The highest BCUT2D eigenvalue weighted by Crippen LogP contribution is 2.22. The topological polar surface area (TPSA) is 79.3 Å². The fraction of sp³-hybridized carbons (Fsp3) is 0.429. The Labute approximate surface area is 190 Å². The lowest BCUT2D eigenvalue weighted by Crippen LogP contribution is -2.35. The van der Waals surface area contributed by atoms with E-state index in [2.05, 4.69) is 20.1 Å². The van der Waals surface area contributed by atoms with Crippen molar-refractivity contribution >= 4 is 34.6 Å². The second kappa shape index (κ2) is 10.1. The maximum Gasteiger partial charge on any atom is 0.224 e. The van der Waals surface area contributed by atoms with Gasteiger partial charge in [0.25, 0.3) is 0 Å². The molecule has 1 fully saturated rings. The molecule has 0 atom stereocenters. The number of H-pyrrole nitrogens is 1. The lowest BCUT2D eigenvalue weighted by Gasteiger charge is -2.22. The molecule has 3 aromatic rings. The molecule has 1 aliphatic rings. The minimum absolute atomic E-state index is 0.140. The Morgan fingerprint density at radius 2 is 2.06 bits per heavy atom. The number of ether oxygens (including phenoxy) is 1. The van der Waals surface area contributed by atoms with E-state index in [9.17, 15) is 4.79 Å². The quantitative estimate of drug-likeness (QED) is 0.545. The van der Waals surface area contributed by atoms with Crippen molar-refractivity contribution in [1.29, 1.82) is 0 Å². The molecule has 0 aliphatic carbocycles. The zero-order valence-corrected chi connectivity index (χ0v) is 19.1. The summed E-state index contributed by atoms with van der Waals surface area (Å²) >= 11 is 7.05. The Kier molecular flexibility index (Phi) is 6.98. The minimum atomic E-state index is 0.140. The molecular weight excluding hydrogens is 432 g/mol. The van der Waals surface area contributed by atoms with Crippen LogP contribution in [0.5, 0.6) is 5.75 Å². The zero-order chi connectivity index (χ0) is 21.6. The smallest absolute Gasteiger partial charge is 0.224 e. The molecule has 0 spiro atoms. The highest BCUT2D eigenvalue weighted by Gasteiger charge is 2.21. The lowest BCUT2D eigenvalue weighted by atomic mass is 10.2. The number of carbonyl (C=O) groups is 1. The van der Waals surface area contributed by atoms with E-state index < -0.39 is 0 Å². The van der Waals surface area contributed by atoms with Crippen LogP contribution in [0, 0.1) is 4.77 Å². The summed E-state index contributed by atoms with van der Waals surface area (Å²) in [5.74, 6) is 1.68. The molecule has 1 aromatic carbocycles. The average Bonchev–Trinajstić information content (AvgIpc) is 3.37. The molecule has 1 saturated heterocycles. The van der Waals surface area contributed by atoms with Crippen molar-refractivity contribution in [3.05, 3.63) is 40.6 Å². The second-order valence-electron chi connectivity index (χ2n) is 7.25. The molecular formula is C21H26N6O2S2. The van der Waals surface area contributed by atoms with E-state index in [-0.39, 0.29) is 5.91 Å². The summed E-state index contributed by atoms with van der Waals surface area (Å²) < 4.78 is 7.91. The molecule has 4 rings (SSSR count). The Balaban J connectivity index is 1.38. The minimum Gasteiger partial charge on any atom is -0.494 e. The van der Waals surface area contributed by atoms with Crippen LogP contribution in [-0.2, 0) is 11.3 Å². The van der Waals surface area contributed by atoms with Crippen molar-refractivity contribution in [3.63, 3.8) is 0 Å². The van der Waals surface area contributed by atoms with Crippen LogP contribution in [0.4, 0.5) is 5.13 Å². The molecule has 0 saturated carbocycles. The van der Waals surface area contributed by atoms with Crippen LogP contribution < -0.4 is 9.64 Å². The number of rotatable bonds is 7. The molecule has 164 valence electrons. The van der Waals surface area contributed by atoms with Gasteiger partial charge in [-0.3, -0.25) is 14.5 Å². The van der Waals surface area contributed by atoms with Crippen LogP contribution in [0.3, 0.4) is 0 Å². The van der Waals surface area contributed by atoms with Gasteiger partial charge < -0.3 is 14.5 Å². The van der Waals surface area contributed by atoms with Crippen LogP contribution in [-0.4, -0.2) is 63.3 Å². The summed E-state index contributed by atoms with van der Waals surface area (Å²) in [5.41, 5.74) is 0.928. The van der Waals surface area contributed by atoms with Crippen LogP contribution in [0.2, 0.25) is 0 Å². The summed E-state index contributed by atoms with van der Waals surface area (Å²) in [4.78, 5) is 21.5. The van der Waals surface area contributed by atoms with Gasteiger partial charge in [-0.15, -0.1) is 11.3 Å². The van der Waals surface area contributed by atoms with Crippen molar-refractivity contribution in [3.8, 4) is 17.1 Å². The van der Waals surface area contributed by atoms with Gasteiger partial charge in [-0.2, -0.15) is 5.10 Å². The maximum atomic E-state index is 12.9. The number of aromatic nitrogens is 4. The van der Waals surface area contributed by atoms with Crippen molar-refractivity contribution < 1.29 is 9.53 Å². The molecule has 2 aromatic heterocycles. The number of carbonyl (C=O) groups excluding carboxylic acids is 1. The van der Waals surface area contributed by atoms with Gasteiger partial charge in [0.2, 0.25) is 5.91 Å². The molecule has 1 amide bonds. The number of amides is 1. The van der Waals surface area contributed by atoms with E-state index in [1.807, 2.05) is 52.2 Å². The van der Waals surface area contributed by atoms with Crippen LogP contribution in [0.1, 0.15) is 19.8 Å². The third-order valence-electron chi connectivity index (χ3n) is 5.27. The molecule has 0 unspecified atom stereocenters. The molecule has 0 radical (unpaired) electrons. The second-order valence-corrected chi connectivity index (χ2v) is 8.51. The van der Waals surface area contributed by atoms with E-state index >= 15 is 0 Å². The lowest BCUT2D eigenvalue weighted by molar-refractivity contribution is -0.131.